The predicted octanol–water partition coefficient (Wildman–Crippen LogP) is 1.11. The second kappa shape index (κ2) is 5.19. The van der Waals surface area contributed by atoms with E-state index in [1.54, 1.807) is 6.08 Å². The van der Waals surface area contributed by atoms with Gasteiger partial charge in [-0.05, 0) is 33.8 Å². The van der Waals surface area contributed by atoms with Crippen LogP contribution in [0.5, 0.6) is 0 Å². The molecule has 3 heterocycles. The zero-order chi connectivity index (χ0) is 16.1. The van der Waals surface area contributed by atoms with E-state index in [1.165, 1.54) is 7.11 Å². The van der Waals surface area contributed by atoms with Crippen molar-refractivity contribution in [2.75, 3.05) is 13.7 Å². The van der Waals surface area contributed by atoms with Crippen molar-refractivity contribution in [1.82, 2.24) is 0 Å². The third-order valence-corrected chi connectivity index (χ3v) is 3.85. The van der Waals surface area contributed by atoms with Gasteiger partial charge in [-0.1, -0.05) is 0 Å². The van der Waals surface area contributed by atoms with Gasteiger partial charge in [0.05, 0.1) is 13.7 Å². The first kappa shape index (κ1) is 15.7. The molecule has 0 spiro atoms. The van der Waals surface area contributed by atoms with Gasteiger partial charge in [0.25, 0.3) is 0 Å². The highest BCUT2D eigenvalue weighted by atomic mass is 16.8. The van der Waals surface area contributed by atoms with E-state index in [2.05, 4.69) is 0 Å². The molecule has 3 rings (SSSR count). The van der Waals surface area contributed by atoms with E-state index in [-0.39, 0.29) is 18.0 Å². The lowest BCUT2D eigenvalue weighted by Crippen LogP contribution is -2.49. The number of carbonyl (C=O) groups excluding carboxylic acids is 1. The Hall–Kier alpha value is -1.15. The summed E-state index contributed by atoms with van der Waals surface area (Å²) in [7, 11) is 1.31. The van der Waals surface area contributed by atoms with Gasteiger partial charge in [0.15, 0.2) is 17.7 Å². The van der Waals surface area contributed by atoms with Crippen LogP contribution in [0.3, 0.4) is 0 Å². The molecule has 0 amide bonds. The van der Waals surface area contributed by atoms with Gasteiger partial charge in [-0.3, -0.25) is 0 Å². The highest BCUT2D eigenvalue weighted by molar-refractivity contribution is 5.86. The van der Waals surface area contributed by atoms with Gasteiger partial charge in [-0.25, -0.2) is 4.79 Å². The molecule has 0 aromatic rings. The van der Waals surface area contributed by atoms with Crippen LogP contribution in [0.1, 0.15) is 27.7 Å². The maximum absolute atomic E-state index is 11.8. The van der Waals surface area contributed by atoms with Crippen LogP contribution in [0.25, 0.3) is 0 Å². The zero-order valence-electron chi connectivity index (χ0n) is 13.5. The molecule has 0 saturated carbocycles. The molecule has 3 aliphatic rings. The van der Waals surface area contributed by atoms with E-state index in [0.29, 0.717) is 6.61 Å². The first-order valence-corrected chi connectivity index (χ1v) is 7.35. The Kier molecular flexibility index (Phi) is 3.71. The Morgan fingerprint density at radius 2 is 1.86 bits per heavy atom. The van der Waals surface area contributed by atoms with Crippen LogP contribution in [-0.4, -0.2) is 55.7 Å². The third-order valence-electron chi connectivity index (χ3n) is 3.85. The number of hydrogen-bond acceptors (Lipinski definition) is 7. The Morgan fingerprint density at radius 1 is 1.14 bits per heavy atom. The number of esters is 1. The van der Waals surface area contributed by atoms with Gasteiger partial charge in [-0.15, -0.1) is 0 Å². The average Bonchev–Trinajstić information content (AvgIpc) is 2.94. The lowest BCUT2D eigenvalue weighted by Gasteiger charge is -2.34. The van der Waals surface area contributed by atoms with E-state index >= 15 is 0 Å². The summed E-state index contributed by atoms with van der Waals surface area (Å²) < 4.78 is 33.8. The molecule has 2 fully saturated rings. The second-order valence-corrected chi connectivity index (χ2v) is 6.54. The summed E-state index contributed by atoms with van der Waals surface area (Å²) in [6.07, 6.45) is -0.0232. The van der Waals surface area contributed by atoms with Crippen molar-refractivity contribution in [3.8, 4) is 0 Å². The summed E-state index contributed by atoms with van der Waals surface area (Å²) in [6, 6.07) is 0. The molecule has 0 N–H and O–H groups in total. The predicted molar refractivity (Wildman–Crippen MR) is 73.7 cm³/mol. The summed E-state index contributed by atoms with van der Waals surface area (Å²) >= 11 is 0. The first-order valence-electron chi connectivity index (χ1n) is 7.35. The van der Waals surface area contributed by atoms with Crippen LogP contribution in [0.15, 0.2) is 11.8 Å². The number of hydrogen-bond donors (Lipinski definition) is 0. The monoisotopic (exact) mass is 314 g/mol. The SMILES string of the molecule is COC(=O)C1=C[C@H]2OC(C)(C)O[C@H]2[C@@H]([C@H]2COC(C)(C)O2)O1. The maximum atomic E-state index is 11.8. The van der Waals surface area contributed by atoms with Crippen molar-refractivity contribution in [3.05, 3.63) is 11.8 Å². The molecule has 22 heavy (non-hydrogen) atoms. The largest absolute Gasteiger partial charge is 0.478 e. The van der Waals surface area contributed by atoms with Crippen LogP contribution < -0.4 is 0 Å². The average molecular weight is 314 g/mol. The summed E-state index contributed by atoms with van der Waals surface area (Å²) in [6.45, 7) is 7.67. The highest BCUT2D eigenvalue weighted by Gasteiger charge is 2.53. The topological polar surface area (TPSA) is 72.5 Å². The molecular formula is C15H22O7. The lowest BCUT2D eigenvalue weighted by atomic mass is 10.00. The van der Waals surface area contributed by atoms with Gasteiger partial charge in [-0.2, -0.15) is 0 Å². The number of carbonyl (C=O) groups is 1. The van der Waals surface area contributed by atoms with E-state index in [0.717, 1.165) is 0 Å². The van der Waals surface area contributed by atoms with Crippen molar-refractivity contribution < 1.29 is 33.2 Å². The molecule has 0 aromatic heterocycles. The minimum absolute atomic E-state index is 0.114. The quantitative estimate of drug-likeness (QED) is 0.707. The van der Waals surface area contributed by atoms with E-state index in [9.17, 15) is 4.79 Å². The normalized spacial score (nSPS) is 38.9. The van der Waals surface area contributed by atoms with Crippen molar-refractivity contribution in [2.45, 2.75) is 63.7 Å². The summed E-state index contributed by atoms with van der Waals surface area (Å²) in [5, 5.41) is 0. The zero-order valence-corrected chi connectivity index (χ0v) is 13.5. The van der Waals surface area contributed by atoms with Gasteiger partial charge in [0.2, 0.25) is 5.76 Å². The lowest BCUT2D eigenvalue weighted by molar-refractivity contribution is -0.184. The fourth-order valence-electron chi connectivity index (χ4n) is 2.98. The van der Waals surface area contributed by atoms with E-state index in [4.69, 9.17) is 28.4 Å². The number of rotatable bonds is 2. The molecule has 3 aliphatic heterocycles. The molecule has 7 nitrogen and oxygen atoms in total. The Balaban J connectivity index is 1.86. The van der Waals surface area contributed by atoms with Crippen LogP contribution in [0, 0.1) is 0 Å². The Bertz CT molecular complexity index is 496. The molecule has 0 aromatic carbocycles. The number of methoxy groups -OCH3 is 1. The van der Waals surface area contributed by atoms with Gasteiger partial charge < -0.3 is 28.4 Å². The molecule has 0 unspecified atom stereocenters. The van der Waals surface area contributed by atoms with Crippen molar-refractivity contribution >= 4 is 5.97 Å². The standard InChI is InChI=1S/C15H22O7/c1-14(2)18-7-10(21-14)11-12-8(20-15(3,4)22-12)6-9(19-11)13(16)17-5/h6,8,10-12H,7H2,1-5H3/t8-,10-,11-,12-/m1/s1. The molecule has 124 valence electrons. The molecule has 2 saturated heterocycles. The van der Waals surface area contributed by atoms with E-state index in [1.807, 2.05) is 27.7 Å². The highest BCUT2D eigenvalue weighted by Crippen LogP contribution is 2.39. The summed E-state index contributed by atoms with van der Waals surface area (Å²) in [5.41, 5.74) is 0. The Morgan fingerprint density at radius 3 is 2.45 bits per heavy atom. The maximum Gasteiger partial charge on any atom is 0.373 e. The van der Waals surface area contributed by atoms with Crippen molar-refractivity contribution in [2.24, 2.45) is 0 Å². The first-order chi connectivity index (χ1) is 10.2. The third kappa shape index (κ3) is 2.86. The van der Waals surface area contributed by atoms with Crippen molar-refractivity contribution in [1.29, 1.82) is 0 Å². The smallest absolute Gasteiger partial charge is 0.373 e. The molecule has 7 heteroatoms. The number of fused-ring (bicyclic) bond motifs is 1. The minimum atomic E-state index is -0.756. The number of ether oxygens (including phenoxy) is 6. The van der Waals surface area contributed by atoms with Crippen molar-refractivity contribution in [3.63, 3.8) is 0 Å². The minimum Gasteiger partial charge on any atom is -0.478 e. The van der Waals surface area contributed by atoms with Crippen LogP contribution in [0.4, 0.5) is 0 Å². The van der Waals surface area contributed by atoms with E-state index < -0.39 is 29.8 Å². The summed E-state index contributed by atoms with van der Waals surface area (Å²) in [5.74, 6) is -1.88. The Labute approximate surface area is 129 Å². The van der Waals surface area contributed by atoms with Gasteiger partial charge in [0.1, 0.15) is 18.3 Å². The fourth-order valence-corrected chi connectivity index (χ4v) is 2.98. The second-order valence-electron chi connectivity index (χ2n) is 6.54. The van der Waals surface area contributed by atoms with Gasteiger partial charge in [0, 0.05) is 0 Å². The molecule has 4 atom stereocenters. The molecule has 0 aliphatic carbocycles. The molecule has 0 bridgehead atoms. The van der Waals surface area contributed by atoms with Crippen LogP contribution >= 0.6 is 0 Å². The summed E-state index contributed by atoms with van der Waals surface area (Å²) in [4.78, 5) is 11.8. The molecular weight excluding hydrogens is 292 g/mol. The van der Waals surface area contributed by atoms with Gasteiger partial charge >= 0.3 is 5.97 Å². The van der Waals surface area contributed by atoms with Crippen LogP contribution in [0.2, 0.25) is 0 Å². The fraction of sp³-hybridized carbons (Fsp3) is 0.800. The molecule has 0 radical (unpaired) electrons. The van der Waals surface area contributed by atoms with Crippen LogP contribution in [-0.2, 0) is 33.2 Å².